The van der Waals surface area contributed by atoms with Gasteiger partial charge in [0.25, 0.3) is 0 Å². The van der Waals surface area contributed by atoms with Crippen LogP contribution in [-0.4, -0.2) is 31.7 Å². The molecule has 3 rings (SSSR count). The Morgan fingerprint density at radius 3 is 2.58 bits per heavy atom. The Hall–Kier alpha value is -1.17. The fourth-order valence-electron chi connectivity index (χ4n) is 4.37. The Bertz CT molecular complexity index is 587. The third-order valence-electron chi connectivity index (χ3n) is 5.95. The van der Waals surface area contributed by atoms with Crippen molar-refractivity contribution >= 4 is 18.3 Å². The van der Waals surface area contributed by atoms with Gasteiger partial charge in [0.2, 0.25) is 5.91 Å². The van der Waals surface area contributed by atoms with Crippen LogP contribution in [0.5, 0.6) is 0 Å². The number of hydrogen-bond acceptors (Lipinski definition) is 3. The van der Waals surface area contributed by atoms with Crippen LogP contribution in [0, 0.1) is 11.7 Å². The minimum Gasteiger partial charge on any atom is -0.381 e. The lowest BCUT2D eigenvalue weighted by molar-refractivity contribution is -0.131. The summed E-state index contributed by atoms with van der Waals surface area (Å²) in [6, 6.07) is 6.44. The number of amides is 1. The van der Waals surface area contributed by atoms with Crippen molar-refractivity contribution in [3.05, 3.63) is 35.6 Å². The summed E-state index contributed by atoms with van der Waals surface area (Å²) in [4.78, 5) is 13.3. The molecule has 0 aromatic heterocycles. The van der Waals surface area contributed by atoms with Crippen LogP contribution in [0.2, 0.25) is 0 Å². The summed E-state index contributed by atoms with van der Waals surface area (Å²) in [5.74, 6) is 0.119. The fourth-order valence-corrected chi connectivity index (χ4v) is 4.37. The second-order valence-corrected chi connectivity index (χ2v) is 7.42. The first kappa shape index (κ1) is 21.1. The van der Waals surface area contributed by atoms with Crippen LogP contribution in [0.25, 0.3) is 0 Å². The molecule has 1 aromatic rings. The number of halogens is 2. The molecular weight excluding hydrogens is 355 g/mol. The van der Waals surface area contributed by atoms with Crippen molar-refractivity contribution < 1.29 is 13.9 Å². The topological polar surface area (TPSA) is 64.3 Å². The van der Waals surface area contributed by atoms with E-state index in [-0.39, 0.29) is 30.2 Å². The van der Waals surface area contributed by atoms with Crippen molar-refractivity contribution in [2.24, 2.45) is 11.7 Å². The molecule has 146 valence electrons. The van der Waals surface area contributed by atoms with Crippen LogP contribution in [0.4, 0.5) is 4.39 Å². The number of nitrogens with one attached hydrogen (secondary N) is 1. The number of benzene rings is 1. The van der Waals surface area contributed by atoms with E-state index in [1.54, 1.807) is 6.07 Å². The van der Waals surface area contributed by atoms with E-state index in [2.05, 4.69) is 5.32 Å². The summed E-state index contributed by atoms with van der Waals surface area (Å²) in [6.07, 6.45) is 7.08. The van der Waals surface area contributed by atoms with Crippen LogP contribution in [0.3, 0.4) is 0 Å². The van der Waals surface area contributed by atoms with E-state index in [0.717, 1.165) is 18.4 Å². The highest BCUT2D eigenvalue weighted by Gasteiger charge is 2.43. The van der Waals surface area contributed by atoms with Gasteiger partial charge in [-0.05, 0) is 49.3 Å². The van der Waals surface area contributed by atoms with E-state index < -0.39 is 5.41 Å². The molecule has 1 heterocycles. The molecule has 1 aliphatic carbocycles. The monoisotopic (exact) mass is 384 g/mol. The maximum absolute atomic E-state index is 13.8. The lowest BCUT2D eigenvalue weighted by Crippen LogP contribution is -2.54. The first-order valence-corrected chi connectivity index (χ1v) is 9.50. The summed E-state index contributed by atoms with van der Waals surface area (Å²) in [5, 5.41) is 3.22. The van der Waals surface area contributed by atoms with E-state index in [1.165, 1.54) is 31.4 Å². The largest absolute Gasteiger partial charge is 0.381 e. The highest BCUT2D eigenvalue weighted by molar-refractivity contribution is 5.88. The Labute approximate surface area is 161 Å². The van der Waals surface area contributed by atoms with Gasteiger partial charge < -0.3 is 15.8 Å². The minimum atomic E-state index is -0.720. The van der Waals surface area contributed by atoms with Crippen molar-refractivity contribution in [3.63, 3.8) is 0 Å². The molecule has 4 nitrogen and oxygen atoms in total. The summed E-state index contributed by atoms with van der Waals surface area (Å²) in [7, 11) is 0. The maximum Gasteiger partial charge on any atom is 0.231 e. The second-order valence-electron chi connectivity index (χ2n) is 7.42. The van der Waals surface area contributed by atoms with Gasteiger partial charge >= 0.3 is 0 Å². The summed E-state index contributed by atoms with van der Waals surface area (Å²) in [6.45, 7) is 1.48. The number of ether oxygens (including phenoxy) is 1. The molecular formula is C20H30ClFN2O2. The Morgan fingerprint density at radius 1 is 1.27 bits per heavy atom. The second kappa shape index (κ2) is 9.67. The molecule has 1 aromatic carbocycles. The summed E-state index contributed by atoms with van der Waals surface area (Å²) < 4.78 is 19.3. The average molecular weight is 385 g/mol. The molecule has 1 aliphatic heterocycles. The number of rotatable bonds is 5. The normalized spacial score (nSPS) is 21.5. The van der Waals surface area contributed by atoms with Gasteiger partial charge in [0.15, 0.2) is 0 Å². The predicted octanol–water partition coefficient (Wildman–Crippen LogP) is 3.32. The Kier molecular flexibility index (Phi) is 7.86. The maximum atomic E-state index is 13.8. The highest BCUT2D eigenvalue weighted by atomic mass is 35.5. The van der Waals surface area contributed by atoms with Crippen molar-refractivity contribution in [3.8, 4) is 0 Å². The van der Waals surface area contributed by atoms with Crippen LogP contribution in [-0.2, 0) is 14.9 Å². The molecule has 0 spiro atoms. The van der Waals surface area contributed by atoms with Crippen LogP contribution < -0.4 is 11.1 Å². The molecule has 6 heteroatoms. The lowest BCUT2D eigenvalue weighted by Gasteiger charge is -2.39. The lowest BCUT2D eigenvalue weighted by atomic mass is 9.72. The van der Waals surface area contributed by atoms with Gasteiger partial charge in [0, 0.05) is 25.8 Å². The van der Waals surface area contributed by atoms with Crippen molar-refractivity contribution in [2.75, 3.05) is 19.8 Å². The number of carbonyl (C=O) groups excluding carboxylic acids is 1. The van der Waals surface area contributed by atoms with Gasteiger partial charge in [-0.2, -0.15) is 0 Å². The zero-order chi connectivity index (χ0) is 17.7. The van der Waals surface area contributed by atoms with E-state index in [1.807, 2.05) is 6.07 Å². The van der Waals surface area contributed by atoms with Crippen molar-refractivity contribution in [1.82, 2.24) is 5.32 Å². The molecule has 1 saturated carbocycles. The van der Waals surface area contributed by atoms with E-state index in [0.29, 0.717) is 38.5 Å². The SMILES string of the molecule is Cl.NCC(NC(=O)C1(c2cccc(F)c2)CCOCC1)C1CCCCC1. The molecule has 26 heavy (non-hydrogen) atoms. The average Bonchev–Trinajstić information content (AvgIpc) is 2.67. The zero-order valence-corrected chi connectivity index (χ0v) is 16.0. The van der Waals surface area contributed by atoms with Crippen molar-refractivity contribution in [1.29, 1.82) is 0 Å². The molecule has 3 N–H and O–H groups in total. The smallest absolute Gasteiger partial charge is 0.231 e. The quantitative estimate of drug-likeness (QED) is 0.818. The van der Waals surface area contributed by atoms with Crippen LogP contribution >= 0.6 is 12.4 Å². The van der Waals surface area contributed by atoms with Crippen LogP contribution in [0.15, 0.2) is 24.3 Å². The Balaban J connectivity index is 0.00000243. The standard InChI is InChI=1S/C20H29FN2O2.ClH/c21-17-8-4-7-16(13-17)20(9-11-25-12-10-20)19(24)23-18(14-22)15-5-2-1-3-6-15;/h4,7-8,13,15,18H,1-3,5-6,9-12,14,22H2,(H,23,24);1H. The van der Waals surface area contributed by atoms with Gasteiger partial charge in [0.05, 0.1) is 5.41 Å². The molecule has 0 radical (unpaired) electrons. The number of nitrogens with two attached hydrogens (primary N) is 1. The third kappa shape index (κ3) is 4.56. The van der Waals surface area contributed by atoms with Crippen molar-refractivity contribution in [2.45, 2.75) is 56.4 Å². The van der Waals surface area contributed by atoms with Crippen LogP contribution in [0.1, 0.15) is 50.5 Å². The van der Waals surface area contributed by atoms with Gasteiger partial charge in [0.1, 0.15) is 5.82 Å². The molecule has 1 unspecified atom stereocenters. The van der Waals surface area contributed by atoms with Gasteiger partial charge in [-0.1, -0.05) is 31.4 Å². The van der Waals surface area contributed by atoms with E-state index in [4.69, 9.17) is 10.5 Å². The minimum absolute atomic E-state index is 0. The molecule has 1 saturated heterocycles. The first-order valence-electron chi connectivity index (χ1n) is 9.50. The number of hydrogen-bond donors (Lipinski definition) is 2. The van der Waals surface area contributed by atoms with Gasteiger partial charge in [-0.15, -0.1) is 12.4 Å². The van der Waals surface area contributed by atoms with E-state index >= 15 is 0 Å². The first-order chi connectivity index (χ1) is 12.2. The van der Waals surface area contributed by atoms with Gasteiger partial charge in [-0.3, -0.25) is 4.79 Å². The summed E-state index contributed by atoms with van der Waals surface area (Å²) in [5.41, 5.74) is 6.01. The molecule has 2 fully saturated rings. The number of carbonyl (C=O) groups is 1. The Morgan fingerprint density at radius 2 is 1.96 bits per heavy atom. The predicted molar refractivity (Wildman–Crippen MR) is 103 cm³/mol. The fraction of sp³-hybridized carbons (Fsp3) is 0.650. The third-order valence-corrected chi connectivity index (χ3v) is 5.95. The molecule has 2 aliphatic rings. The molecule has 1 atom stereocenters. The zero-order valence-electron chi connectivity index (χ0n) is 15.2. The summed E-state index contributed by atoms with van der Waals surface area (Å²) >= 11 is 0. The molecule has 0 bridgehead atoms. The van der Waals surface area contributed by atoms with Gasteiger partial charge in [-0.25, -0.2) is 4.39 Å². The highest BCUT2D eigenvalue weighted by Crippen LogP contribution is 2.36. The van der Waals surface area contributed by atoms with E-state index in [9.17, 15) is 9.18 Å². The molecule has 1 amide bonds.